The molecule has 0 aliphatic carbocycles. The van der Waals surface area contributed by atoms with Gasteiger partial charge in [0.25, 0.3) is 0 Å². The number of carbonyl (C=O) groups is 1. The second-order valence-corrected chi connectivity index (χ2v) is 6.91. The third-order valence-corrected chi connectivity index (χ3v) is 4.12. The standard InChI is InChI=1S/C23H31BrO2/c1-2-3-16-19-22(24)20-17-14-12-10-8-6-4-5-7-9-11-13-15-18-21-23(25)26/h5,7,16,19-20H,2-4,6,8,10,12,14,17-18,21H2,1H3,(H,25,26). The van der Waals surface area contributed by atoms with Crippen molar-refractivity contribution in [3.63, 3.8) is 0 Å². The van der Waals surface area contributed by atoms with Gasteiger partial charge in [0, 0.05) is 10.9 Å². The Balaban J connectivity index is 3.53. The minimum absolute atomic E-state index is 0.0775. The molecule has 26 heavy (non-hydrogen) atoms. The van der Waals surface area contributed by atoms with E-state index in [1.165, 1.54) is 43.0 Å². The molecule has 0 saturated heterocycles. The highest BCUT2D eigenvalue weighted by Gasteiger charge is 1.91. The van der Waals surface area contributed by atoms with E-state index in [0.29, 0.717) is 6.42 Å². The Labute approximate surface area is 168 Å². The Morgan fingerprint density at radius 3 is 2.46 bits per heavy atom. The highest BCUT2D eigenvalue weighted by atomic mass is 79.9. The molecular weight excluding hydrogens is 388 g/mol. The maximum absolute atomic E-state index is 10.3. The Kier molecular flexibility index (Phi) is 18.3. The summed E-state index contributed by atoms with van der Waals surface area (Å²) in [7, 11) is 0. The highest BCUT2D eigenvalue weighted by Crippen LogP contribution is 2.13. The smallest absolute Gasteiger partial charge is 0.304 e. The Bertz CT molecular complexity index is 577. The molecule has 0 saturated carbocycles. The summed E-state index contributed by atoms with van der Waals surface area (Å²) in [5, 5.41) is 8.45. The van der Waals surface area contributed by atoms with Crippen molar-refractivity contribution in [1.29, 1.82) is 0 Å². The van der Waals surface area contributed by atoms with E-state index in [4.69, 9.17) is 5.11 Å². The van der Waals surface area contributed by atoms with E-state index in [0.717, 1.165) is 19.3 Å². The van der Waals surface area contributed by atoms with Gasteiger partial charge in [-0.05, 0) is 50.0 Å². The molecule has 0 aliphatic heterocycles. The number of allylic oxidation sites excluding steroid dienone is 6. The van der Waals surface area contributed by atoms with Gasteiger partial charge < -0.3 is 5.11 Å². The molecule has 1 N–H and O–H groups in total. The number of aliphatic carboxylic acids is 1. The van der Waals surface area contributed by atoms with Gasteiger partial charge in [0.05, 0.1) is 6.42 Å². The van der Waals surface area contributed by atoms with E-state index in [-0.39, 0.29) is 6.42 Å². The van der Waals surface area contributed by atoms with Gasteiger partial charge in [-0.25, -0.2) is 0 Å². The fourth-order valence-corrected chi connectivity index (χ4v) is 2.52. The fourth-order valence-electron chi connectivity index (χ4n) is 2.10. The number of rotatable bonds is 13. The van der Waals surface area contributed by atoms with Crippen LogP contribution in [0, 0.1) is 23.7 Å². The quantitative estimate of drug-likeness (QED) is 0.203. The molecule has 0 aromatic carbocycles. The minimum atomic E-state index is -0.823. The summed E-state index contributed by atoms with van der Waals surface area (Å²) in [6.45, 7) is 2.19. The number of carboxylic acids is 1. The Morgan fingerprint density at radius 2 is 1.73 bits per heavy atom. The Hall–Kier alpha value is -1.71. The average Bonchev–Trinajstić information content (AvgIpc) is 2.61. The molecule has 2 nitrogen and oxygen atoms in total. The number of unbranched alkanes of at least 4 members (excludes halogenated alkanes) is 7. The van der Waals surface area contributed by atoms with Crippen molar-refractivity contribution in [2.24, 2.45) is 0 Å². The van der Waals surface area contributed by atoms with Crippen LogP contribution >= 0.6 is 15.9 Å². The van der Waals surface area contributed by atoms with Crippen LogP contribution in [0.4, 0.5) is 0 Å². The van der Waals surface area contributed by atoms with E-state index in [1.807, 2.05) is 6.08 Å². The minimum Gasteiger partial charge on any atom is -0.481 e. The average molecular weight is 419 g/mol. The molecule has 0 bridgehead atoms. The predicted octanol–water partition coefficient (Wildman–Crippen LogP) is 6.78. The zero-order valence-electron chi connectivity index (χ0n) is 15.9. The molecule has 3 heteroatoms. The summed E-state index contributed by atoms with van der Waals surface area (Å²) in [4.78, 5) is 10.3. The van der Waals surface area contributed by atoms with Crippen molar-refractivity contribution in [2.75, 3.05) is 0 Å². The predicted molar refractivity (Wildman–Crippen MR) is 115 cm³/mol. The van der Waals surface area contributed by atoms with Crippen molar-refractivity contribution in [3.05, 3.63) is 34.9 Å². The largest absolute Gasteiger partial charge is 0.481 e. The molecule has 0 heterocycles. The molecule has 142 valence electrons. The van der Waals surface area contributed by atoms with E-state index in [2.05, 4.69) is 70.8 Å². The number of halogens is 1. The summed E-state index contributed by atoms with van der Waals surface area (Å²) >= 11 is 3.58. The van der Waals surface area contributed by atoms with Crippen molar-refractivity contribution in [3.8, 4) is 23.7 Å². The van der Waals surface area contributed by atoms with Crippen LogP contribution in [0.15, 0.2) is 34.9 Å². The van der Waals surface area contributed by atoms with Crippen LogP contribution in [0.5, 0.6) is 0 Å². The molecule has 0 atom stereocenters. The van der Waals surface area contributed by atoms with Crippen molar-refractivity contribution in [1.82, 2.24) is 0 Å². The molecule has 0 unspecified atom stereocenters. The van der Waals surface area contributed by atoms with E-state index < -0.39 is 5.97 Å². The lowest BCUT2D eigenvalue weighted by Gasteiger charge is -1.98. The SMILES string of the molecule is CCCC=CC(Br)=CCCCCCCCC=CC#CC#CCCC(=O)O. The van der Waals surface area contributed by atoms with E-state index in [9.17, 15) is 4.79 Å². The molecular formula is C23H31BrO2. The number of hydrogen-bond acceptors (Lipinski definition) is 1. The van der Waals surface area contributed by atoms with Crippen LogP contribution in [0.1, 0.15) is 77.6 Å². The molecule has 0 spiro atoms. The zero-order chi connectivity index (χ0) is 19.3. The maximum atomic E-state index is 10.3. The third kappa shape index (κ3) is 20.3. The second kappa shape index (κ2) is 19.6. The monoisotopic (exact) mass is 418 g/mol. The van der Waals surface area contributed by atoms with Gasteiger partial charge >= 0.3 is 5.97 Å². The highest BCUT2D eigenvalue weighted by molar-refractivity contribution is 9.11. The van der Waals surface area contributed by atoms with Gasteiger partial charge in [0.2, 0.25) is 0 Å². The lowest BCUT2D eigenvalue weighted by Crippen LogP contribution is -1.91. The van der Waals surface area contributed by atoms with Gasteiger partial charge in [-0.3, -0.25) is 4.79 Å². The molecule has 0 aliphatic rings. The summed E-state index contributed by atoms with van der Waals surface area (Å²) in [5.74, 6) is 10.1. The molecule has 0 fully saturated rings. The molecule has 0 aromatic heterocycles. The first-order valence-electron chi connectivity index (χ1n) is 9.54. The second-order valence-electron chi connectivity index (χ2n) is 5.99. The van der Waals surface area contributed by atoms with Gasteiger partial charge in [0.1, 0.15) is 0 Å². The van der Waals surface area contributed by atoms with Crippen LogP contribution in [0.2, 0.25) is 0 Å². The normalized spacial score (nSPS) is 11.2. The molecule has 0 rings (SSSR count). The maximum Gasteiger partial charge on any atom is 0.304 e. The topological polar surface area (TPSA) is 37.3 Å². The first-order valence-corrected chi connectivity index (χ1v) is 10.3. The van der Waals surface area contributed by atoms with Crippen LogP contribution < -0.4 is 0 Å². The first-order chi connectivity index (χ1) is 12.7. The lowest BCUT2D eigenvalue weighted by atomic mass is 10.1. The molecule has 0 amide bonds. The summed E-state index contributed by atoms with van der Waals surface area (Å²) in [6, 6.07) is 0. The summed E-state index contributed by atoms with van der Waals surface area (Å²) in [6.07, 6.45) is 21.8. The first kappa shape index (κ1) is 24.3. The van der Waals surface area contributed by atoms with Crippen molar-refractivity contribution in [2.45, 2.75) is 77.6 Å². The van der Waals surface area contributed by atoms with Gasteiger partial charge in [-0.15, -0.1) is 0 Å². The summed E-state index contributed by atoms with van der Waals surface area (Å²) in [5.41, 5.74) is 0. The number of hydrogen-bond donors (Lipinski definition) is 1. The number of carboxylic acid groups (broad SMARTS) is 1. The van der Waals surface area contributed by atoms with E-state index >= 15 is 0 Å². The van der Waals surface area contributed by atoms with Crippen LogP contribution in [0.3, 0.4) is 0 Å². The van der Waals surface area contributed by atoms with Gasteiger partial charge in [-0.1, -0.05) is 84.7 Å². The van der Waals surface area contributed by atoms with Crippen molar-refractivity contribution >= 4 is 21.9 Å². The van der Waals surface area contributed by atoms with Gasteiger partial charge in [-0.2, -0.15) is 0 Å². The van der Waals surface area contributed by atoms with Crippen molar-refractivity contribution < 1.29 is 9.90 Å². The van der Waals surface area contributed by atoms with E-state index in [1.54, 1.807) is 0 Å². The zero-order valence-corrected chi connectivity index (χ0v) is 17.5. The molecule has 0 radical (unpaired) electrons. The third-order valence-electron chi connectivity index (χ3n) is 3.53. The molecule has 0 aromatic rings. The lowest BCUT2D eigenvalue weighted by molar-refractivity contribution is -0.136. The van der Waals surface area contributed by atoms with Crippen LogP contribution in [0.25, 0.3) is 0 Å². The van der Waals surface area contributed by atoms with Crippen LogP contribution in [-0.2, 0) is 4.79 Å². The fraction of sp³-hybridized carbons (Fsp3) is 0.522. The van der Waals surface area contributed by atoms with Crippen LogP contribution in [-0.4, -0.2) is 11.1 Å². The Morgan fingerprint density at radius 1 is 1.00 bits per heavy atom. The van der Waals surface area contributed by atoms with Gasteiger partial charge in [0.15, 0.2) is 0 Å². The summed E-state index contributed by atoms with van der Waals surface area (Å²) < 4.78 is 1.20.